The van der Waals surface area contributed by atoms with Crippen LogP contribution in [0.15, 0.2) is 42.5 Å². The SMILES string of the molecule is CCCc1ccc(Oc2ccc(CBr)c(Cl)c2)cc1. The number of halogens is 2. The van der Waals surface area contributed by atoms with E-state index in [0.717, 1.165) is 40.3 Å². The van der Waals surface area contributed by atoms with Gasteiger partial charge in [0.25, 0.3) is 0 Å². The zero-order valence-corrected chi connectivity index (χ0v) is 13.2. The fourth-order valence-electron chi connectivity index (χ4n) is 1.85. The maximum atomic E-state index is 6.15. The number of alkyl halides is 1. The van der Waals surface area contributed by atoms with E-state index in [1.807, 2.05) is 30.3 Å². The molecule has 0 fully saturated rings. The van der Waals surface area contributed by atoms with Gasteiger partial charge in [0, 0.05) is 10.4 Å². The van der Waals surface area contributed by atoms with Crippen molar-refractivity contribution in [3.63, 3.8) is 0 Å². The molecular weight excluding hydrogens is 324 g/mol. The fourth-order valence-corrected chi connectivity index (χ4v) is 2.74. The first-order valence-corrected chi connectivity index (χ1v) is 7.84. The molecule has 0 aliphatic carbocycles. The van der Waals surface area contributed by atoms with Gasteiger partial charge in [0.1, 0.15) is 11.5 Å². The molecule has 0 unspecified atom stereocenters. The topological polar surface area (TPSA) is 9.23 Å². The molecule has 100 valence electrons. The van der Waals surface area contributed by atoms with Crippen LogP contribution in [-0.4, -0.2) is 0 Å². The molecule has 0 bridgehead atoms. The first kappa shape index (κ1) is 14.4. The lowest BCUT2D eigenvalue weighted by Gasteiger charge is -2.08. The summed E-state index contributed by atoms with van der Waals surface area (Å²) in [4.78, 5) is 0. The van der Waals surface area contributed by atoms with Gasteiger partial charge in [-0.2, -0.15) is 0 Å². The van der Waals surface area contributed by atoms with Crippen LogP contribution in [0.3, 0.4) is 0 Å². The molecule has 0 saturated carbocycles. The van der Waals surface area contributed by atoms with E-state index in [9.17, 15) is 0 Å². The molecule has 2 rings (SSSR count). The minimum atomic E-state index is 0.719. The van der Waals surface area contributed by atoms with Crippen LogP contribution < -0.4 is 4.74 Å². The minimum Gasteiger partial charge on any atom is -0.457 e. The molecule has 0 N–H and O–H groups in total. The lowest BCUT2D eigenvalue weighted by Crippen LogP contribution is -1.88. The van der Waals surface area contributed by atoms with Crippen molar-refractivity contribution in [2.75, 3.05) is 0 Å². The van der Waals surface area contributed by atoms with Crippen molar-refractivity contribution in [2.45, 2.75) is 25.1 Å². The predicted molar refractivity (Wildman–Crippen MR) is 84.6 cm³/mol. The van der Waals surface area contributed by atoms with Gasteiger partial charge in [0.15, 0.2) is 0 Å². The Kier molecular flexibility index (Phi) is 5.29. The molecule has 0 atom stereocenters. The maximum absolute atomic E-state index is 6.15. The Morgan fingerprint density at radius 3 is 2.32 bits per heavy atom. The van der Waals surface area contributed by atoms with Crippen molar-refractivity contribution in [1.29, 1.82) is 0 Å². The Hall–Kier alpha value is -0.990. The fraction of sp³-hybridized carbons (Fsp3) is 0.250. The van der Waals surface area contributed by atoms with Crippen LogP contribution in [0, 0.1) is 0 Å². The standard InChI is InChI=1S/C16H16BrClO/c1-2-3-12-4-7-14(8-5-12)19-15-9-6-13(11-17)16(18)10-15/h4-10H,2-3,11H2,1H3. The number of ether oxygens (including phenoxy) is 1. The van der Waals surface area contributed by atoms with Crippen molar-refractivity contribution < 1.29 is 4.74 Å². The number of aryl methyl sites for hydroxylation is 1. The van der Waals surface area contributed by atoms with Gasteiger partial charge in [0.2, 0.25) is 0 Å². The van der Waals surface area contributed by atoms with Crippen LogP contribution in [0.25, 0.3) is 0 Å². The van der Waals surface area contributed by atoms with Crippen LogP contribution >= 0.6 is 27.5 Å². The molecule has 0 heterocycles. The van der Waals surface area contributed by atoms with Gasteiger partial charge >= 0.3 is 0 Å². The maximum Gasteiger partial charge on any atom is 0.128 e. The van der Waals surface area contributed by atoms with Crippen molar-refractivity contribution in [1.82, 2.24) is 0 Å². The summed E-state index contributed by atoms with van der Waals surface area (Å²) in [7, 11) is 0. The Labute approximate surface area is 127 Å². The lowest BCUT2D eigenvalue weighted by molar-refractivity contribution is 0.482. The summed E-state index contributed by atoms with van der Waals surface area (Å²) in [5, 5.41) is 1.47. The molecule has 0 aliphatic heterocycles. The van der Waals surface area contributed by atoms with E-state index in [2.05, 4.69) is 35.0 Å². The van der Waals surface area contributed by atoms with Gasteiger partial charge < -0.3 is 4.74 Å². The molecular formula is C16H16BrClO. The molecule has 0 radical (unpaired) electrons. The summed E-state index contributed by atoms with van der Waals surface area (Å²) in [5.74, 6) is 1.60. The zero-order chi connectivity index (χ0) is 13.7. The number of hydrogen-bond acceptors (Lipinski definition) is 1. The van der Waals surface area contributed by atoms with E-state index in [-0.39, 0.29) is 0 Å². The summed E-state index contributed by atoms with van der Waals surface area (Å²) in [6.07, 6.45) is 2.26. The smallest absolute Gasteiger partial charge is 0.128 e. The van der Waals surface area contributed by atoms with Gasteiger partial charge in [-0.15, -0.1) is 0 Å². The number of rotatable bonds is 5. The summed E-state index contributed by atoms with van der Waals surface area (Å²) in [5.41, 5.74) is 2.40. The second kappa shape index (κ2) is 6.97. The summed E-state index contributed by atoms with van der Waals surface area (Å²) in [6, 6.07) is 14.0. The molecule has 3 heteroatoms. The summed E-state index contributed by atoms with van der Waals surface area (Å²) < 4.78 is 5.79. The lowest BCUT2D eigenvalue weighted by atomic mass is 10.1. The van der Waals surface area contributed by atoms with Crippen LogP contribution in [-0.2, 0) is 11.8 Å². The van der Waals surface area contributed by atoms with Gasteiger partial charge in [-0.25, -0.2) is 0 Å². The van der Waals surface area contributed by atoms with Gasteiger partial charge in [-0.1, -0.05) is 59.1 Å². The van der Waals surface area contributed by atoms with E-state index in [1.54, 1.807) is 0 Å². The highest BCUT2D eigenvalue weighted by molar-refractivity contribution is 9.08. The first-order chi connectivity index (χ1) is 9.22. The predicted octanol–water partition coefficient (Wildman–Crippen LogP) is 5.98. The van der Waals surface area contributed by atoms with Gasteiger partial charge in [-0.05, 0) is 41.8 Å². The third-order valence-electron chi connectivity index (χ3n) is 2.87. The molecule has 0 aromatic heterocycles. The molecule has 2 aromatic rings. The number of hydrogen-bond donors (Lipinski definition) is 0. The molecule has 2 aromatic carbocycles. The first-order valence-electron chi connectivity index (χ1n) is 6.34. The third-order valence-corrected chi connectivity index (χ3v) is 3.82. The normalized spacial score (nSPS) is 10.5. The highest BCUT2D eigenvalue weighted by Gasteiger charge is 2.03. The van der Waals surface area contributed by atoms with Crippen molar-refractivity contribution >= 4 is 27.5 Å². The zero-order valence-electron chi connectivity index (χ0n) is 10.8. The molecule has 0 aliphatic rings. The molecule has 19 heavy (non-hydrogen) atoms. The highest BCUT2D eigenvalue weighted by atomic mass is 79.9. The monoisotopic (exact) mass is 338 g/mol. The van der Waals surface area contributed by atoms with E-state index in [4.69, 9.17) is 16.3 Å². The average Bonchev–Trinajstić information content (AvgIpc) is 2.42. The second-order valence-corrected chi connectivity index (χ2v) is 5.35. The van der Waals surface area contributed by atoms with Crippen LogP contribution in [0.2, 0.25) is 5.02 Å². The Balaban J connectivity index is 2.10. The summed E-state index contributed by atoms with van der Waals surface area (Å²) in [6.45, 7) is 2.18. The highest BCUT2D eigenvalue weighted by Crippen LogP contribution is 2.28. The largest absolute Gasteiger partial charge is 0.457 e. The van der Waals surface area contributed by atoms with Gasteiger partial charge in [-0.3, -0.25) is 0 Å². The van der Waals surface area contributed by atoms with Crippen molar-refractivity contribution in [2.24, 2.45) is 0 Å². The molecule has 0 saturated heterocycles. The second-order valence-electron chi connectivity index (χ2n) is 4.38. The van der Waals surface area contributed by atoms with Crippen LogP contribution in [0.1, 0.15) is 24.5 Å². The van der Waals surface area contributed by atoms with E-state index in [1.165, 1.54) is 5.56 Å². The van der Waals surface area contributed by atoms with Crippen LogP contribution in [0.5, 0.6) is 11.5 Å². The quantitative estimate of drug-likeness (QED) is 0.609. The minimum absolute atomic E-state index is 0.719. The van der Waals surface area contributed by atoms with Crippen LogP contribution in [0.4, 0.5) is 0 Å². The summed E-state index contributed by atoms with van der Waals surface area (Å²) >= 11 is 9.55. The average molecular weight is 340 g/mol. The van der Waals surface area contributed by atoms with E-state index in [0.29, 0.717) is 0 Å². The molecule has 0 spiro atoms. The number of benzene rings is 2. The Morgan fingerprint density at radius 1 is 1.05 bits per heavy atom. The molecule has 0 amide bonds. The third kappa shape index (κ3) is 3.99. The Bertz CT molecular complexity index is 537. The molecule has 1 nitrogen and oxygen atoms in total. The Morgan fingerprint density at radius 2 is 1.74 bits per heavy atom. The van der Waals surface area contributed by atoms with E-state index < -0.39 is 0 Å². The van der Waals surface area contributed by atoms with E-state index >= 15 is 0 Å². The van der Waals surface area contributed by atoms with Gasteiger partial charge in [0.05, 0.1) is 0 Å². The van der Waals surface area contributed by atoms with Crippen molar-refractivity contribution in [3.05, 3.63) is 58.6 Å². The van der Waals surface area contributed by atoms with Crippen molar-refractivity contribution in [3.8, 4) is 11.5 Å².